The SMILES string of the molecule is OC1CSC2CN(CC3(O)CCOC3)CC12. The monoisotopic (exact) mass is 245 g/mol. The minimum atomic E-state index is -0.645. The van der Waals surface area contributed by atoms with E-state index in [1.807, 2.05) is 11.8 Å². The Morgan fingerprint density at radius 2 is 2.31 bits per heavy atom. The van der Waals surface area contributed by atoms with E-state index in [4.69, 9.17) is 4.74 Å². The third kappa shape index (κ3) is 1.99. The van der Waals surface area contributed by atoms with Crippen LogP contribution in [0.2, 0.25) is 0 Å². The first kappa shape index (κ1) is 11.3. The maximum absolute atomic E-state index is 10.2. The Morgan fingerprint density at radius 1 is 1.44 bits per heavy atom. The number of likely N-dealkylation sites (tertiary alicyclic amines) is 1. The molecule has 0 spiro atoms. The summed E-state index contributed by atoms with van der Waals surface area (Å²) in [6.45, 7) is 3.78. The zero-order valence-electron chi connectivity index (χ0n) is 9.34. The van der Waals surface area contributed by atoms with Gasteiger partial charge in [0.1, 0.15) is 5.60 Å². The van der Waals surface area contributed by atoms with Crippen molar-refractivity contribution in [2.45, 2.75) is 23.4 Å². The lowest BCUT2D eigenvalue weighted by molar-refractivity contribution is -0.00153. The van der Waals surface area contributed by atoms with Gasteiger partial charge in [-0.15, -0.1) is 0 Å². The van der Waals surface area contributed by atoms with E-state index in [-0.39, 0.29) is 6.10 Å². The molecule has 92 valence electrons. The standard InChI is InChI=1S/C11H19NO3S/c13-9-5-16-10-4-12(3-8(9)10)6-11(14)1-2-15-7-11/h8-10,13-14H,1-7H2. The fourth-order valence-corrected chi connectivity index (χ4v) is 4.56. The molecule has 4 unspecified atom stereocenters. The summed E-state index contributed by atoms with van der Waals surface area (Å²) in [5.74, 6) is 1.30. The third-order valence-electron chi connectivity index (χ3n) is 3.96. The Morgan fingerprint density at radius 3 is 3.00 bits per heavy atom. The molecule has 0 aromatic heterocycles. The molecule has 3 heterocycles. The van der Waals surface area contributed by atoms with Crippen LogP contribution in [0, 0.1) is 5.92 Å². The van der Waals surface area contributed by atoms with Crippen LogP contribution < -0.4 is 0 Å². The lowest BCUT2D eigenvalue weighted by atomic mass is 10.0. The Balaban J connectivity index is 1.58. The highest BCUT2D eigenvalue weighted by Crippen LogP contribution is 2.38. The lowest BCUT2D eigenvalue weighted by Gasteiger charge is -2.27. The predicted molar refractivity (Wildman–Crippen MR) is 62.6 cm³/mol. The maximum atomic E-state index is 10.2. The molecule has 2 N–H and O–H groups in total. The van der Waals surface area contributed by atoms with Gasteiger partial charge in [-0.3, -0.25) is 4.90 Å². The van der Waals surface area contributed by atoms with E-state index in [1.54, 1.807) is 0 Å². The average Bonchev–Trinajstić information content (AvgIpc) is 2.88. The summed E-state index contributed by atoms with van der Waals surface area (Å²) >= 11 is 1.88. The molecule has 0 saturated carbocycles. The average molecular weight is 245 g/mol. The third-order valence-corrected chi connectivity index (χ3v) is 5.42. The zero-order valence-corrected chi connectivity index (χ0v) is 10.2. The molecule has 0 aromatic rings. The quantitative estimate of drug-likeness (QED) is 0.690. The Labute approximate surface area is 100.0 Å². The largest absolute Gasteiger partial charge is 0.392 e. The summed E-state index contributed by atoms with van der Waals surface area (Å²) in [4.78, 5) is 2.29. The van der Waals surface area contributed by atoms with Crippen LogP contribution in [-0.2, 0) is 4.74 Å². The highest BCUT2D eigenvalue weighted by atomic mass is 32.2. The van der Waals surface area contributed by atoms with Gasteiger partial charge in [0.05, 0.1) is 12.7 Å². The summed E-state index contributed by atoms with van der Waals surface area (Å²) in [6.07, 6.45) is 0.601. The molecule has 3 aliphatic heterocycles. The number of aliphatic hydroxyl groups excluding tert-OH is 1. The smallest absolute Gasteiger partial charge is 0.103 e. The number of hydrogen-bond acceptors (Lipinski definition) is 5. The predicted octanol–water partition coefficient (Wildman–Crippen LogP) is -0.454. The number of thioether (sulfide) groups is 1. The number of hydrogen-bond donors (Lipinski definition) is 2. The number of aliphatic hydroxyl groups is 2. The summed E-state index contributed by atoms with van der Waals surface area (Å²) in [5.41, 5.74) is -0.645. The van der Waals surface area contributed by atoms with Crippen LogP contribution in [0.4, 0.5) is 0 Å². The van der Waals surface area contributed by atoms with Crippen molar-refractivity contribution in [1.29, 1.82) is 0 Å². The normalized spacial score (nSPS) is 48.8. The molecule has 0 aliphatic carbocycles. The highest BCUT2D eigenvalue weighted by molar-refractivity contribution is 8.00. The fourth-order valence-electron chi connectivity index (χ4n) is 3.04. The number of β-amino-alcohol motifs (C(OH)–C–C–N with tert-alkyl or cyclic N) is 1. The van der Waals surface area contributed by atoms with Gasteiger partial charge in [-0.2, -0.15) is 11.8 Å². The van der Waals surface area contributed by atoms with E-state index in [2.05, 4.69) is 4.90 Å². The van der Waals surface area contributed by atoms with Gasteiger partial charge >= 0.3 is 0 Å². The second kappa shape index (κ2) is 4.14. The van der Waals surface area contributed by atoms with Gasteiger partial charge in [-0.05, 0) is 0 Å². The van der Waals surface area contributed by atoms with Crippen molar-refractivity contribution < 1.29 is 14.9 Å². The van der Waals surface area contributed by atoms with Crippen molar-refractivity contribution in [3.63, 3.8) is 0 Å². The molecular weight excluding hydrogens is 226 g/mol. The van der Waals surface area contributed by atoms with E-state index >= 15 is 0 Å². The number of ether oxygens (including phenoxy) is 1. The minimum Gasteiger partial charge on any atom is -0.392 e. The molecule has 3 aliphatic rings. The summed E-state index contributed by atoms with van der Waals surface area (Å²) in [7, 11) is 0. The van der Waals surface area contributed by atoms with Gasteiger partial charge in [0.25, 0.3) is 0 Å². The second-order valence-electron chi connectivity index (χ2n) is 5.32. The summed E-state index contributed by atoms with van der Waals surface area (Å²) in [5, 5.41) is 20.6. The van der Waals surface area contributed by atoms with Crippen molar-refractivity contribution in [1.82, 2.24) is 4.90 Å². The van der Waals surface area contributed by atoms with Crippen molar-refractivity contribution in [3.05, 3.63) is 0 Å². The van der Waals surface area contributed by atoms with Crippen molar-refractivity contribution in [2.75, 3.05) is 38.6 Å². The molecular formula is C11H19NO3S. The van der Waals surface area contributed by atoms with Crippen LogP contribution in [0.1, 0.15) is 6.42 Å². The molecule has 0 radical (unpaired) electrons. The minimum absolute atomic E-state index is 0.144. The number of rotatable bonds is 2. The van der Waals surface area contributed by atoms with E-state index in [0.29, 0.717) is 30.9 Å². The van der Waals surface area contributed by atoms with Crippen molar-refractivity contribution >= 4 is 11.8 Å². The molecule has 4 atom stereocenters. The van der Waals surface area contributed by atoms with Gasteiger partial charge in [0, 0.05) is 49.6 Å². The van der Waals surface area contributed by atoms with E-state index in [0.717, 1.165) is 25.3 Å². The van der Waals surface area contributed by atoms with Crippen molar-refractivity contribution in [3.8, 4) is 0 Å². The number of fused-ring (bicyclic) bond motifs is 1. The van der Waals surface area contributed by atoms with E-state index in [1.165, 1.54) is 0 Å². The van der Waals surface area contributed by atoms with Crippen LogP contribution >= 0.6 is 11.8 Å². The van der Waals surface area contributed by atoms with Crippen LogP contribution in [0.25, 0.3) is 0 Å². The van der Waals surface area contributed by atoms with Crippen LogP contribution in [0.15, 0.2) is 0 Å². The molecule has 5 heteroatoms. The fraction of sp³-hybridized carbons (Fsp3) is 1.00. The molecule has 0 aromatic carbocycles. The zero-order chi connectivity index (χ0) is 11.2. The molecule has 3 rings (SSSR count). The highest BCUT2D eigenvalue weighted by Gasteiger charge is 2.45. The van der Waals surface area contributed by atoms with E-state index < -0.39 is 5.60 Å². The first-order valence-corrected chi connectivity index (χ1v) is 7.03. The Hall–Kier alpha value is 0.190. The van der Waals surface area contributed by atoms with Gasteiger partial charge < -0.3 is 14.9 Å². The van der Waals surface area contributed by atoms with Gasteiger partial charge in [0.15, 0.2) is 0 Å². The summed E-state index contributed by atoms with van der Waals surface area (Å²) in [6, 6.07) is 0. The molecule has 0 amide bonds. The topological polar surface area (TPSA) is 52.9 Å². The van der Waals surface area contributed by atoms with Crippen LogP contribution in [0.5, 0.6) is 0 Å². The van der Waals surface area contributed by atoms with Gasteiger partial charge in [-0.25, -0.2) is 0 Å². The molecule has 4 nitrogen and oxygen atoms in total. The van der Waals surface area contributed by atoms with Gasteiger partial charge in [-0.1, -0.05) is 0 Å². The van der Waals surface area contributed by atoms with E-state index in [9.17, 15) is 10.2 Å². The lowest BCUT2D eigenvalue weighted by Crippen LogP contribution is -2.43. The molecule has 3 saturated heterocycles. The van der Waals surface area contributed by atoms with Gasteiger partial charge in [0.2, 0.25) is 0 Å². The first-order chi connectivity index (χ1) is 7.66. The maximum Gasteiger partial charge on any atom is 0.103 e. The Bertz CT molecular complexity index is 270. The molecule has 0 bridgehead atoms. The van der Waals surface area contributed by atoms with Crippen LogP contribution in [0.3, 0.4) is 0 Å². The Kier molecular flexibility index (Phi) is 2.92. The molecule has 3 fully saturated rings. The summed E-state index contributed by atoms with van der Waals surface area (Å²) < 4.78 is 5.25. The number of nitrogens with zero attached hydrogens (tertiary/aromatic N) is 1. The molecule has 16 heavy (non-hydrogen) atoms. The van der Waals surface area contributed by atoms with Crippen LogP contribution in [-0.4, -0.2) is 70.7 Å². The second-order valence-corrected chi connectivity index (χ2v) is 6.60. The first-order valence-electron chi connectivity index (χ1n) is 5.98. The van der Waals surface area contributed by atoms with Crippen molar-refractivity contribution in [2.24, 2.45) is 5.92 Å².